The van der Waals surface area contributed by atoms with Crippen LogP contribution in [0.25, 0.3) is 5.57 Å². The second-order valence-electron chi connectivity index (χ2n) is 8.09. The molecule has 0 unspecified atom stereocenters. The minimum Gasteiger partial charge on any atom is -0.465 e. The number of allylic oxidation sites excluding steroid dienone is 1. The van der Waals surface area contributed by atoms with Gasteiger partial charge in [0, 0.05) is 12.1 Å². The van der Waals surface area contributed by atoms with Crippen molar-refractivity contribution in [3.63, 3.8) is 0 Å². The van der Waals surface area contributed by atoms with Crippen molar-refractivity contribution in [3.05, 3.63) is 112 Å². The summed E-state index contributed by atoms with van der Waals surface area (Å²) in [6.07, 6.45) is 3.11. The Balaban J connectivity index is 1.40. The summed E-state index contributed by atoms with van der Waals surface area (Å²) in [6.45, 7) is 0.724. The molecule has 1 aliphatic heterocycles. The van der Waals surface area contributed by atoms with E-state index in [1.165, 1.54) is 31.4 Å². The minimum atomic E-state index is -0.529. The minimum absolute atomic E-state index is 0.153. The number of aryl methyl sites for hydroxylation is 1. The van der Waals surface area contributed by atoms with Gasteiger partial charge in [-0.15, -0.1) is 0 Å². The van der Waals surface area contributed by atoms with Crippen molar-refractivity contribution in [1.29, 1.82) is 0 Å². The van der Waals surface area contributed by atoms with Gasteiger partial charge in [0.1, 0.15) is 11.6 Å². The number of aliphatic imine (C=N–C) groups is 1. The smallest absolute Gasteiger partial charge is 0.337 e. The first-order valence-electron chi connectivity index (χ1n) is 11.2. The number of halogens is 2. The van der Waals surface area contributed by atoms with Crippen LogP contribution in [-0.4, -0.2) is 37.8 Å². The first-order chi connectivity index (χ1) is 17.0. The lowest BCUT2D eigenvalue weighted by molar-refractivity contribution is 0.0600. The van der Waals surface area contributed by atoms with Gasteiger partial charge >= 0.3 is 5.97 Å². The predicted molar refractivity (Wildman–Crippen MR) is 131 cm³/mol. The molecule has 0 fully saturated rings. The lowest BCUT2D eigenvalue weighted by atomic mass is 9.99. The number of hydrogen-bond acceptors (Lipinski definition) is 4. The maximum atomic E-state index is 14.8. The van der Waals surface area contributed by atoms with Crippen LogP contribution in [0.2, 0.25) is 0 Å². The number of methoxy groups -OCH3 is 1. The zero-order valence-corrected chi connectivity index (χ0v) is 19.2. The van der Waals surface area contributed by atoms with E-state index in [1.807, 2.05) is 12.1 Å². The Morgan fingerprint density at radius 1 is 1.00 bits per heavy atom. The van der Waals surface area contributed by atoms with Crippen LogP contribution in [-0.2, 0) is 11.2 Å². The second kappa shape index (κ2) is 10.9. The molecule has 1 heterocycles. The molecule has 0 aromatic heterocycles. The highest BCUT2D eigenvalue weighted by Gasteiger charge is 2.21. The summed E-state index contributed by atoms with van der Waals surface area (Å²) in [5, 5.41) is 2.85. The Morgan fingerprint density at radius 3 is 2.46 bits per heavy atom. The zero-order chi connectivity index (χ0) is 24.8. The molecule has 0 saturated heterocycles. The predicted octanol–water partition coefficient (Wildman–Crippen LogP) is 5.00. The molecule has 0 saturated carbocycles. The van der Waals surface area contributed by atoms with E-state index >= 15 is 0 Å². The molecule has 1 amide bonds. The number of benzene rings is 3. The normalized spacial score (nSPS) is 12.7. The third-order valence-corrected chi connectivity index (χ3v) is 5.76. The molecule has 1 aliphatic rings. The van der Waals surface area contributed by atoms with Gasteiger partial charge in [-0.3, -0.25) is 9.79 Å². The highest BCUT2D eigenvalue weighted by Crippen LogP contribution is 2.25. The molecular weight excluding hydrogens is 450 g/mol. The van der Waals surface area contributed by atoms with Crippen molar-refractivity contribution < 1.29 is 23.1 Å². The molecule has 0 radical (unpaired) electrons. The summed E-state index contributed by atoms with van der Waals surface area (Å²) in [5.41, 5.74) is 3.88. The van der Waals surface area contributed by atoms with Gasteiger partial charge < -0.3 is 10.1 Å². The van der Waals surface area contributed by atoms with Crippen LogP contribution in [0.15, 0.2) is 77.8 Å². The van der Waals surface area contributed by atoms with Gasteiger partial charge in [-0.2, -0.15) is 0 Å². The van der Waals surface area contributed by atoms with Crippen molar-refractivity contribution in [1.82, 2.24) is 5.32 Å². The van der Waals surface area contributed by atoms with E-state index in [1.54, 1.807) is 36.4 Å². The van der Waals surface area contributed by atoms with E-state index in [0.29, 0.717) is 37.2 Å². The van der Waals surface area contributed by atoms with E-state index in [9.17, 15) is 18.4 Å². The maximum Gasteiger partial charge on any atom is 0.337 e. The van der Waals surface area contributed by atoms with Crippen LogP contribution in [0.5, 0.6) is 0 Å². The van der Waals surface area contributed by atoms with Crippen LogP contribution in [0.4, 0.5) is 8.78 Å². The number of nitrogens with zero attached hydrogens (tertiary/aromatic N) is 1. The molecular formula is C28H24F2N2O3. The van der Waals surface area contributed by atoms with Crippen molar-refractivity contribution >= 4 is 23.2 Å². The van der Waals surface area contributed by atoms with Crippen LogP contribution in [0.3, 0.4) is 0 Å². The van der Waals surface area contributed by atoms with Gasteiger partial charge in [-0.25, -0.2) is 13.6 Å². The van der Waals surface area contributed by atoms with Gasteiger partial charge in [-0.1, -0.05) is 30.3 Å². The Morgan fingerprint density at radius 2 is 1.74 bits per heavy atom. The molecule has 7 heteroatoms. The molecule has 4 rings (SSSR count). The Bertz CT molecular complexity index is 1300. The standard InChI is InChI=1S/C28H24F2N2O3/c1-35-28(34)20-9-7-18(8-10-20)4-3-15-31-27(33)23-5-2-6-24(30)26(23)25-16-21(17-32-25)19-11-13-22(29)14-12-19/h2,5-14,16H,3-4,15,17H2,1H3,(H,31,33). The average molecular weight is 475 g/mol. The first kappa shape index (κ1) is 24.0. The summed E-state index contributed by atoms with van der Waals surface area (Å²) in [5.74, 6) is -1.63. The van der Waals surface area contributed by atoms with E-state index in [-0.39, 0.29) is 28.8 Å². The third kappa shape index (κ3) is 5.69. The average Bonchev–Trinajstić information content (AvgIpc) is 3.36. The fourth-order valence-corrected chi connectivity index (χ4v) is 3.91. The zero-order valence-electron chi connectivity index (χ0n) is 19.2. The van der Waals surface area contributed by atoms with Crippen molar-refractivity contribution in [2.24, 2.45) is 4.99 Å². The first-order valence-corrected chi connectivity index (χ1v) is 11.2. The molecule has 0 bridgehead atoms. The molecule has 5 nitrogen and oxygen atoms in total. The molecule has 1 N–H and O–H groups in total. The Labute approximate surface area is 202 Å². The maximum absolute atomic E-state index is 14.8. The number of ether oxygens (including phenoxy) is 1. The van der Waals surface area contributed by atoms with E-state index in [2.05, 4.69) is 10.3 Å². The van der Waals surface area contributed by atoms with Gasteiger partial charge in [0.15, 0.2) is 0 Å². The quantitative estimate of drug-likeness (QED) is 0.369. The number of amides is 1. The van der Waals surface area contributed by atoms with Crippen molar-refractivity contribution in [2.45, 2.75) is 12.8 Å². The number of carbonyl (C=O) groups excluding carboxylic acids is 2. The molecule has 3 aromatic carbocycles. The fraction of sp³-hybridized carbons (Fsp3) is 0.179. The highest BCUT2D eigenvalue weighted by atomic mass is 19.1. The fourth-order valence-electron chi connectivity index (χ4n) is 3.91. The summed E-state index contributed by atoms with van der Waals surface area (Å²) in [6, 6.07) is 17.5. The number of carbonyl (C=O) groups is 2. The van der Waals surface area contributed by atoms with E-state index in [4.69, 9.17) is 4.74 Å². The number of esters is 1. The monoisotopic (exact) mass is 474 g/mol. The topological polar surface area (TPSA) is 67.8 Å². The number of nitrogens with one attached hydrogen (secondary N) is 1. The van der Waals surface area contributed by atoms with Crippen molar-refractivity contribution in [3.8, 4) is 0 Å². The third-order valence-electron chi connectivity index (χ3n) is 5.76. The van der Waals surface area contributed by atoms with E-state index < -0.39 is 5.82 Å². The van der Waals surface area contributed by atoms with Crippen LogP contribution >= 0.6 is 0 Å². The van der Waals surface area contributed by atoms with Crippen LogP contribution in [0.1, 0.15) is 43.8 Å². The Kier molecular flexibility index (Phi) is 7.45. The lowest BCUT2D eigenvalue weighted by Gasteiger charge is -2.11. The van der Waals surface area contributed by atoms with Gasteiger partial charge in [0.2, 0.25) is 0 Å². The van der Waals surface area contributed by atoms with Crippen molar-refractivity contribution in [2.75, 3.05) is 20.2 Å². The molecule has 178 valence electrons. The molecule has 0 aliphatic carbocycles. The molecule has 35 heavy (non-hydrogen) atoms. The SMILES string of the molecule is COC(=O)c1ccc(CCCNC(=O)c2cccc(F)c2C2=NCC(c3ccc(F)cc3)=C2)cc1. The molecule has 3 aromatic rings. The number of rotatable bonds is 8. The van der Waals surface area contributed by atoms with Gasteiger partial charge in [0.05, 0.1) is 30.5 Å². The van der Waals surface area contributed by atoms with Gasteiger partial charge in [-0.05, 0) is 72.0 Å². The molecule has 0 atom stereocenters. The molecule has 0 spiro atoms. The van der Waals surface area contributed by atoms with Crippen LogP contribution < -0.4 is 5.32 Å². The summed E-state index contributed by atoms with van der Waals surface area (Å²) < 4.78 is 32.7. The largest absolute Gasteiger partial charge is 0.465 e. The highest BCUT2D eigenvalue weighted by molar-refractivity contribution is 6.19. The van der Waals surface area contributed by atoms with Gasteiger partial charge in [0.25, 0.3) is 5.91 Å². The van der Waals surface area contributed by atoms with Crippen LogP contribution in [0, 0.1) is 11.6 Å². The van der Waals surface area contributed by atoms with E-state index in [0.717, 1.165) is 16.7 Å². The number of hydrogen-bond donors (Lipinski definition) is 1. The summed E-state index contributed by atoms with van der Waals surface area (Å²) >= 11 is 0. The summed E-state index contributed by atoms with van der Waals surface area (Å²) in [4.78, 5) is 28.8. The second-order valence-corrected chi connectivity index (χ2v) is 8.09. The summed E-state index contributed by atoms with van der Waals surface area (Å²) in [7, 11) is 1.34. The Hall–Kier alpha value is -4.13. The lowest BCUT2D eigenvalue weighted by Crippen LogP contribution is -2.27.